The molecule has 0 rings (SSSR count). The fourth-order valence-corrected chi connectivity index (χ4v) is 0. The molecule has 0 aliphatic rings. The van der Waals surface area contributed by atoms with Gasteiger partial charge in [-0.3, -0.25) is 0 Å². The van der Waals surface area contributed by atoms with Crippen LogP contribution in [0.2, 0.25) is 0 Å². The normalized spacial score (nSPS) is 2.00. The highest BCUT2D eigenvalue weighted by atomic mass is 16.0. The van der Waals surface area contributed by atoms with Crippen LogP contribution in [0.1, 0.15) is 27.7 Å². The van der Waals surface area contributed by atoms with Gasteiger partial charge in [0.25, 0.3) is 0 Å². The molecule has 0 fully saturated rings. The van der Waals surface area contributed by atoms with E-state index in [1.165, 1.54) is 0 Å². The van der Waals surface area contributed by atoms with Crippen molar-refractivity contribution >= 4 is 0 Å². The first-order chi connectivity index (χ1) is 2.00. The largest absolute Gasteiger partial charge is 0.412 e. The molecule has 0 aliphatic carbocycles. The molecule has 2 heteroatoms. The van der Waals surface area contributed by atoms with Gasteiger partial charge in [-0.15, -0.1) is 0 Å². The summed E-state index contributed by atoms with van der Waals surface area (Å²) >= 11 is 0. The van der Waals surface area contributed by atoms with Gasteiger partial charge in [0.15, 0.2) is 0 Å². The molecule has 0 unspecified atom stereocenters. The first-order valence-corrected chi connectivity index (χ1v) is 2.00. The Morgan fingerprint density at radius 2 is 0.500 bits per heavy atom. The third-order valence-electron chi connectivity index (χ3n) is 0. The maximum atomic E-state index is 2.00. The number of rotatable bonds is 0. The van der Waals surface area contributed by atoms with Crippen molar-refractivity contribution in [2.75, 3.05) is 0 Å². The van der Waals surface area contributed by atoms with Gasteiger partial charge in [0.2, 0.25) is 0 Å². The van der Waals surface area contributed by atoms with E-state index in [-0.39, 0.29) is 11.0 Å². The molecule has 0 bridgehead atoms. The van der Waals surface area contributed by atoms with Crippen molar-refractivity contribution in [1.82, 2.24) is 0 Å². The van der Waals surface area contributed by atoms with Crippen molar-refractivity contribution in [3.8, 4) is 0 Å². The molecule has 0 aromatic heterocycles. The summed E-state index contributed by atoms with van der Waals surface area (Å²) in [7, 11) is 0. The SMILES string of the molecule is CC.CC.O.O. The second-order valence-electron chi connectivity index (χ2n) is 0. The average Bonchev–Trinajstić information content (AvgIpc) is 1.50. The molecular formula is C4H16O2. The van der Waals surface area contributed by atoms with E-state index < -0.39 is 0 Å². The minimum Gasteiger partial charge on any atom is -0.412 e. The fourth-order valence-electron chi connectivity index (χ4n) is 0. The van der Waals surface area contributed by atoms with Gasteiger partial charge in [-0.25, -0.2) is 0 Å². The minimum atomic E-state index is 0. The van der Waals surface area contributed by atoms with Crippen LogP contribution in [0.15, 0.2) is 0 Å². The average molecular weight is 96.2 g/mol. The van der Waals surface area contributed by atoms with Crippen LogP contribution >= 0.6 is 0 Å². The van der Waals surface area contributed by atoms with Crippen molar-refractivity contribution in [2.45, 2.75) is 27.7 Å². The standard InChI is InChI=1S/2C2H6.2H2O/c2*1-2;;/h2*1-2H3;2*1H2. The van der Waals surface area contributed by atoms with Gasteiger partial charge < -0.3 is 11.0 Å². The molecule has 0 saturated carbocycles. The van der Waals surface area contributed by atoms with E-state index in [0.717, 1.165) is 0 Å². The van der Waals surface area contributed by atoms with Crippen LogP contribution in [-0.2, 0) is 0 Å². The quantitative estimate of drug-likeness (QED) is 0.419. The Morgan fingerprint density at radius 3 is 0.500 bits per heavy atom. The van der Waals surface area contributed by atoms with Gasteiger partial charge in [0, 0.05) is 0 Å². The van der Waals surface area contributed by atoms with Gasteiger partial charge in [-0.1, -0.05) is 27.7 Å². The Labute approximate surface area is 39.8 Å². The summed E-state index contributed by atoms with van der Waals surface area (Å²) in [5.74, 6) is 0. The highest BCUT2D eigenvalue weighted by Gasteiger charge is 0.934. The summed E-state index contributed by atoms with van der Waals surface area (Å²) in [6, 6.07) is 0. The smallest absolute Gasteiger partial charge is 0.0683 e. The van der Waals surface area contributed by atoms with Crippen LogP contribution in [0.3, 0.4) is 0 Å². The van der Waals surface area contributed by atoms with Gasteiger partial charge >= 0.3 is 0 Å². The van der Waals surface area contributed by atoms with Crippen molar-refractivity contribution in [1.29, 1.82) is 0 Å². The maximum Gasteiger partial charge on any atom is -0.0683 e. The Hall–Kier alpha value is -0.0800. The molecule has 4 N–H and O–H groups in total. The Bertz CT molecular complexity index is 5.51. The molecule has 0 aromatic rings. The Morgan fingerprint density at radius 1 is 0.500 bits per heavy atom. The summed E-state index contributed by atoms with van der Waals surface area (Å²) < 4.78 is 0. The zero-order chi connectivity index (χ0) is 4.00. The molecule has 2 nitrogen and oxygen atoms in total. The first-order valence-electron chi connectivity index (χ1n) is 2.00. The summed E-state index contributed by atoms with van der Waals surface area (Å²) in [6.45, 7) is 8.00. The third-order valence-corrected chi connectivity index (χ3v) is 0. The minimum absolute atomic E-state index is 0. The van der Waals surface area contributed by atoms with E-state index in [0.29, 0.717) is 0 Å². The van der Waals surface area contributed by atoms with Crippen LogP contribution < -0.4 is 0 Å². The van der Waals surface area contributed by atoms with Gasteiger partial charge in [0.05, 0.1) is 0 Å². The van der Waals surface area contributed by atoms with Crippen LogP contribution in [0, 0.1) is 0 Å². The second-order valence-corrected chi connectivity index (χ2v) is 0. The summed E-state index contributed by atoms with van der Waals surface area (Å²) in [6.07, 6.45) is 0. The van der Waals surface area contributed by atoms with E-state index >= 15 is 0 Å². The van der Waals surface area contributed by atoms with Gasteiger partial charge in [0.1, 0.15) is 0 Å². The molecule has 44 valence electrons. The molecule has 6 heavy (non-hydrogen) atoms. The molecule has 0 aromatic carbocycles. The number of hydrogen-bond donors (Lipinski definition) is 0. The molecule has 0 amide bonds. The molecule has 0 radical (unpaired) electrons. The molecule has 0 atom stereocenters. The fraction of sp³-hybridized carbons (Fsp3) is 1.00. The van der Waals surface area contributed by atoms with Crippen LogP contribution in [0.4, 0.5) is 0 Å². The zero-order valence-electron chi connectivity index (χ0n) is 5.00. The predicted octanol–water partition coefficient (Wildman–Crippen LogP) is 0.403. The van der Waals surface area contributed by atoms with Gasteiger partial charge in [-0.2, -0.15) is 0 Å². The highest BCUT2D eigenvalue weighted by molar-refractivity contribution is 3.51. The van der Waals surface area contributed by atoms with Crippen molar-refractivity contribution in [3.63, 3.8) is 0 Å². The molecule has 0 heterocycles. The van der Waals surface area contributed by atoms with Crippen molar-refractivity contribution in [2.24, 2.45) is 0 Å². The van der Waals surface area contributed by atoms with Crippen LogP contribution in [0.5, 0.6) is 0 Å². The van der Waals surface area contributed by atoms with E-state index in [9.17, 15) is 0 Å². The number of hydrogen-bond acceptors (Lipinski definition) is 0. The zero-order valence-corrected chi connectivity index (χ0v) is 5.00. The topological polar surface area (TPSA) is 63.0 Å². The van der Waals surface area contributed by atoms with E-state index in [2.05, 4.69) is 0 Å². The van der Waals surface area contributed by atoms with Crippen molar-refractivity contribution < 1.29 is 11.0 Å². The van der Waals surface area contributed by atoms with E-state index in [1.807, 2.05) is 27.7 Å². The maximum absolute atomic E-state index is 2.00. The lowest BCUT2D eigenvalue weighted by Gasteiger charge is -1.07. The monoisotopic (exact) mass is 96.1 g/mol. The second kappa shape index (κ2) is 11800. The first kappa shape index (κ1) is 38.9. The lowest BCUT2D eigenvalue weighted by Crippen LogP contribution is -0.856. The summed E-state index contributed by atoms with van der Waals surface area (Å²) in [4.78, 5) is 0. The lowest BCUT2D eigenvalue weighted by atomic mass is 11.0. The van der Waals surface area contributed by atoms with E-state index in [1.54, 1.807) is 0 Å². The molecular weight excluding hydrogens is 80.0 g/mol. The summed E-state index contributed by atoms with van der Waals surface area (Å²) in [5, 5.41) is 0. The van der Waals surface area contributed by atoms with E-state index in [4.69, 9.17) is 0 Å². The highest BCUT2D eigenvalue weighted by Crippen LogP contribution is 1.15. The molecule has 0 aliphatic heterocycles. The van der Waals surface area contributed by atoms with Gasteiger partial charge in [-0.05, 0) is 0 Å². The Balaban J connectivity index is -0.00000000500. The predicted molar refractivity (Wildman–Crippen MR) is 29.9 cm³/mol. The van der Waals surface area contributed by atoms with Crippen LogP contribution in [-0.4, -0.2) is 11.0 Å². The molecule has 0 saturated heterocycles. The Kier molecular flexibility index (Phi) is 76500. The lowest BCUT2D eigenvalue weighted by molar-refractivity contribution is 0.823. The molecule has 0 spiro atoms. The third kappa shape index (κ3) is 5220. The van der Waals surface area contributed by atoms with Crippen LogP contribution in [0.25, 0.3) is 0 Å². The summed E-state index contributed by atoms with van der Waals surface area (Å²) in [5.41, 5.74) is 0. The van der Waals surface area contributed by atoms with Crippen molar-refractivity contribution in [3.05, 3.63) is 0 Å².